The van der Waals surface area contributed by atoms with E-state index in [0.29, 0.717) is 37.5 Å². The maximum atomic E-state index is 12.7. The first-order valence-electron chi connectivity index (χ1n) is 7.23. The van der Waals surface area contributed by atoms with E-state index in [1.165, 1.54) is 6.20 Å². The Morgan fingerprint density at radius 2 is 1.87 bits per heavy atom. The van der Waals surface area contributed by atoms with Gasteiger partial charge in [-0.3, -0.25) is 9.97 Å². The van der Waals surface area contributed by atoms with E-state index in [1.807, 2.05) is 4.90 Å². The second-order valence-electron chi connectivity index (χ2n) is 5.24. The van der Waals surface area contributed by atoms with Crippen molar-refractivity contribution in [1.29, 1.82) is 0 Å². The zero-order valence-electron chi connectivity index (χ0n) is 12.2. The molecule has 0 aliphatic carbocycles. The first kappa shape index (κ1) is 15.5. The van der Waals surface area contributed by atoms with Crippen molar-refractivity contribution in [1.82, 2.24) is 15.0 Å². The molecule has 8 heteroatoms. The Labute approximate surface area is 131 Å². The Hall–Kier alpha value is -2.38. The van der Waals surface area contributed by atoms with Gasteiger partial charge in [-0.25, -0.2) is 4.98 Å². The third kappa shape index (κ3) is 3.88. The van der Waals surface area contributed by atoms with Crippen molar-refractivity contribution >= 4 is 5.69 Å². The molecule has 2 aromatic rings. The molecule has 5 nitrogen and oxygen atoms in total. The average Bonchev–Trinajstić information content (AvgIpc) is 2.56. The number of aromatic nitrogens is 3. The van der Waals surface area contributed by atoms with Crippen molar-refractivity contribution in [3.05, 3.63) is 42.6 Å². The van der Waals surface area contributed by atoms with Crippen LogP contribution in [0.5, 0.6) is 5.88 Å². The predicted molar refractivity (Wildman–Crippen MR) is 77.1 cm³/mol. The van der Waals surface area contributed by atoms with Crippen LogP contribution < -0.4 is 9.64 Å². The molecular formula is C15H15F3N4O. The zero-order chi connectivity index (χ0) is 16.3. The van der Waals surface area contributed by atoms with Crippen molar-refractivity contribution in [2.45, 2.75) is 25.1 Å². The van der Waals surface area contributed by atoms with Crippen LogP contribution in [-0.2, 0) is 6.18 Å². The first-order chi connectivity index (χ1) is 11.0. The molecule has 0 N–H and O–H groups in total. The quantitative estimate of drug-likeness (QED) is 0.869. The molecule has 0 atom stereocenters. The summed E-state index contributed by atoms with van der Waals surface area (Å²) in [6.07, 6.45) is 2.85. The predicted octanol–water partition coefficient (Wildman–Crippen LogP) is 2.94. The molecule has 0 unspecified atom stereocenters. The third-order valence-electron chi connectivity index (χ3n) is 3.67. The molecule has 2 aromatic heterocycles. The van der Waals surface area contributed by atoms with Gasteiger partial charge in [-0.1, -0.05) is 0 Å². The fraction of sp³-hybridized carbons (Fsp3) is 0.400. The maximum Gasteiger partial charge on any atom is 0.433 e. The molecule has 1 aliphatic heterocycles. The van der Waals surface area contributed by atoms with Crippen molar-refractivity contribution < 1.29 is 17.9 Å². The van der Waals surface area contributed by atoms with Crippen LogP contribution in [0.25, 0.3) is 0 Å². The van der Waals surface area contributed by atoms with E-state index in [-0.39, 0.29) is 6.10 Å². The molecule has 1 saturated heterocycles. The van der Waals surface area contributed by atoms with E-state index in [0.717, 1.165) is 6.07 Å². The van der Waals surface area contributed by atoms with Gasteiger partial charge in [0, 0.05) is 50.2 Å². The summed E-state index contributed by atoms with van der Waals surface area (Å²) in [7, 11) is 0. The molecule has 122 valence electrons. The Morgan fingerprint density at radius 3 is 2.52 bits per heavy atom. The number of alkyl halides is 3. The van der Waals surface area contributed by atoms with E-state index in [9.17, 15) is 13.2 Å². The minimum Gasteiger partial charge on any atom is -0.473 e. The molecule has 0 amide bonds. The van der Waals surface area contributed by atoms with Gasteiger partial charge in [-0.2, -0.15) is 13.2 Å². The fourth-order valence-corrected chi connectivity index (χ4v) is 2.52. The van der Waals surface area contributed by atoms with Crippen molar-refractivity contribution in [3.63, 3.8) is 0 Å². The van der Waals surface area contributed by atoms with Crippen molar-refractivity contribution in [2.24, 2.45) is 0 Å². The Balaban J connectivity index is 1.61. The summed E-state index contributed by atoms with van der Waals surface area (Å²) in [4.78, 5) is 13.3. The van der Waals surface area contributed by atoms with Crippen LogP contribution in [0, 0.1) is 0 Å². The summed E-state index contributed by atoms with van der Waals surface area (Å²) in [5, 5.41) is 0. The van der Waals surface area contributed by atoms with Gasteiger partial charge in [-0.15, -0.1) is 0 Å². The minimum absolute atomic E-state index is 0.00752. The van der Waals surface area contributed by atoms with Gasteiger partial charge in [0.1, 0.15) is 11.8 Å². The molecule has 1 fully saturated rings. The number of nitrogens with zero attached hydrogens (tertiary/aromatic N) is 4. The normalized spacial score (nSPS) is 16.4. The molecule has 0 bridgehead atoms. The lowest BCUT2D eigenvalue weighted by molar-refractivity contribution is -0.141. The highest BCUT2D eigenvalue weighted by molar-refractivity contribution is 5.47. The number of pyridine rings is 1. The van der Waals surface area contributed by atoms with Crippen LogP contribution >= 0.6 is 0 Å². The van der Waals surface area contributed by atoms with Crippen molar-refractivity contribution in [2.75, 3.05) is 18.0 Å². The van der Waals surface area contributed by atoms with E-state index >= 15 is 0 Å². The molecule has 3 heterocycles. The first-order valence-corrected chi connectivity index (χ1v) is 7.23. The average molecular weight is 324 g/mol. The summed E-state index contributed by atoms with van der Waals surface area (Å²) < 4.78 is 43.9. The van der Waals surface area contributed by atoms with E-state index < -0.39 is 11.9 Å². The van der Waals surface area contributed by atoms with Crippen LogP contribution in [0.1, 0.15) is 18.5 Å². The van der Waals surface area contributed by atoms with Crippen LogP contribution in [0.15, 0.2) is 36.9 Å². The lowest BCUT2D eigenvalue weighted by atomic mass is 10.1. The Bertz CT molecular complexity index is 643. The number of rotatable bonds is 3. The Kier molecular flexibility index (Phi) is 4.31. The van der Waals surface area contributed by atoms with Crippen molar-refractivity contribution in [3.8, 4) is 5.88 Å². The smallest absolute Gasteiger partial charge is 0.433 e. The number of hydrogen-bond acceptors (Lipinski definition) is 5. The van der Waals surface area contributed by atoms with Gasteiger partial charge in [0.25, 0.3) is 0 Å². The van der Waals surface area contributed by atoms with E-state index in [2.05, 4.69) is 15.0 Å². The SMILES string of the molecule is FC(F)(F)c1cc(N2CCC(Oc3cnccn3)CC2)ccn1. The fourth-order valence-electron chi connectivity index (χ4n) is 2.52. The zero-order valence-corrected chi connectivity index (χ0v) is 12.2. The van der Waals surface area contributed by atoms with Crippen LogP contribution in [0.3, 0.4) is 0 Å². The lowest BCUT2D eigenvalue weighted by Gasteiger charge is -2.33. The molecule has 23 heavy (non-hydrogen) atoms. The van der Waals surface area contributed by atoms with Gasteiger partial charge in [0.2, 0.25) is 5.88 Å². The summed E-state index contributed by atoms with van der Waals surface area (Å²) in [5.41, 5.74) is -0.335. The molecule has 0 aromatic carbocycles. The van der Waals surface area contributed by atoms with Crippen LogP contribution in [0.2, 0.25) is 0 Å². The minimum atomic E-state index is -4.43. The van der Waals surface area contributed by atoms with Gasteiger partial charge in [0.15, 0.2) is 0 Å². The van der Waals surface area contributed by atoms with E-state index in [1.54, 1.807) is 24.7 Å². The maximum absolute atomic E-state index is 12.7. The van der Waals surface area contributed by atoms with Gasteiger partial charge < -0.3 is 9.64 Å². The topological polar surface area (TPSA) is 51.1 Å². The highest BCUT2D eigenvalue weighted by atomic mass is 19.4. The highest BCUT2D eigenvalue weighted by Crippen LogP contribution is 2.30. The second-order valence-corrected chi connectivity index (χ2v) is 5.24. The molecule has 0 spiro atoms. The lowest BCUT2D eigenvalue weighted by Crippen LogP contribution is -2.38. The molecular weight excluding hydrogens is 309 g/mol. The second kappa shape index (κ2) is 6.39. The van der Waals surface area contributed by atoms with E-state index in [4.69, 9.17) is 4.74 Å². The largest absolute Gasteiger partial charge is 0.473 e. The number of anilines is 1. The van der Waals surface area contributed by atoms with Crippen LogP contribution in [0.4, 0.5) is 18.9 Å². The molecule has 0 saturated carbocycles. The number of piperidine rings is 1. The van der Waals surface area contributed by atoms with Crippen LogP contribution in [-0.4, -0.2) is 34.1 Å². The summed E-state index contributed by atoms with van der Waals surface area (Å²) >= 11 is 0. The number of hydrogen-bond donors (Lipinski definition) is 0. The van der Waals surface area contributed by atoms with Gasteiger partial charge in [-0.05, 0) is 12.1 Å². The summed E-state index contributed by atoms with van der Waals surface area (Å²) in [6, 6.07) is 2.68. The number of ether oxygens (including phenoxy) is 1. The standard InChI is InChI=1S/C15H15F3N4O/c16-15(17,18)13-9-11(1-4-20-13)22-7-2-12(3-8-22)23-14-10-19-5-6-21-14/h1,4-6,9-10,12H,2-3,7-8H2. The van der Waals surface area contributed by atoms with Gasteiger partial charge >= 0.3 is 6.18 Å². The molecule has 3 rings (SSSR count). The van der Waals surface area contributed by atoms with Gasteiger partial charge in [0.05, 0.1) is 6.20 Å². The monoisotopic (exact) mass is 324 g/mol. The number of halogens is 3. The summed E-state index contributed by atoms with van der Waals surface area (Å²) in [5.74, 6) is 0.467. The molecule has 1 aliphatic rings. The Morgan fingerprint density at radius 1 is 1.09 bits per heavy atom. The summed E-state index contributed by atoms with van der Waals surface area (Å²) in [6.45, 7) is 1.23. The third-order valence-corrected chi connectivity index (χ3v) is 3.67. The molecule has 0 radical (unpaired) electrons. The highest BCUT2D eigenvalue weighted by Gasteiger charge is 2.33.